The van der Waals surface area contributed by atoms with Gasteiger partial charge in [0, 0.05) is 19.0 Å². The highest BCUT2D eigenvalue weighted by molar-refractivity contribution is 5.90. The Hall–Kier alpha value is -2.09. The summed E-state index contributed by atoms with van der Waals surface area (Å²) in [4.78, 5) is 11.0. The number of fused-ring (bicyclic) bond motifs is 3. The van der Waals surface area contributed by atoms with Gasteiger partial charge in [0.05, 0.1) is 0 Å². The molecule has 0 heterocycles. The summed E-state index contributed by atoms with van der Waals surface area (Å²) in [5.41, 5.74) is 5.74. The van der Waals surface area contributed by atoms with Crippen LogP contribution in [-0.2, 0) is 4.79 Å². The number of hydrogen-bond acceptors (Lipinski definition) is 1. The van der Waals surface area contributed by atoms with Gasteiger partial charge >= 0.3 is 0 Å². The third kappa shape index (κ3) is 1.72. The van der Waals surface area contributed by atoms with Crippen LogP contribution in [0.4, 0.5) is 5.69 Å². The molecule has 17 heavy (non-hydrogen) atoms. The minimum atomic E-state index is -0.0412. The van der Waals surface area contributed by atoms with Crippen molar-refractivity contribution in [3.8, 4) is 11.1 Å². The van der Waals surface area contributed by atoms with Crippen molar-refractivity contribution in [2.75, 3.05) is 5.32 Å². The topological polar surface area (TPSA) is 29.1 Å². The van der Waals surface area contributed by atoms with E-state index in [1.807, 2.05) is 24.3 Å². The van der Waals surface area contributed by atoms with Crippen LogP contribution >= 0.6 is 0 Å². The van der Waals surface area contributed by atoms with E-state index in [0.29, 0.717) is 0 Å². The standard InChI is InChI=1S/C15H12NO/c1-10(17)16-13-6-7-15-12(9-13)8-11-4-2-3-5-14(11)15/h2-9H,1H3,(H,16,17). The molecule has 2 aromatic rings. The van der Waals surface area contributed by atoms with E-state index < -0.39 is 0 Å². The van der Waals surface area contributed by atoms with Crippen molar-refractivity contribution in [1.82, 2.24) is 0 Å². The Morgan fingerprint density at radius 3 is 2.59 bits per heavy atom. The fourth-order valence-corrected chi connectivity index (χ4v) is 2.24. The number of benzene rings is 2. The van der Waals surface area contributed by atoms with Gasteiger partial charge in [0.15, 0.2) is 0 Å². The van der Waals surface area contributed by atoms with Gasteiger partial charge in [0.25, 0.3) is 0 Å². The normalized spacial score (nSPS) is 11.8. The smallest absolute Gasteiger partial charge is 0.221 e. The number of rotatable bonds is 1. The van der Waals surface area contributed by atoms with E-state index in [1.165, 1.54) is 23.6 Å². The molecule has 0 unspecified atom stereocenters. The molecule has 0 aliphatic heterocycles. The second-order valence-corrected chi connectivity index (χ2v) is 4.21. The number of anilines is 1. The first-order valence-electron chi connectivity index (χ1n) is 5.60. The van der Waals surface area contributed by atoms with Crippen molar-refractivity contribution in [1.29, 1.82) is 0 Å². The van der Waals surface area contributed by atoms with Gasteiger partial charge in [-0.3, -0.25) is 4.79 Å². The van der Waals surface area contributed by atoms with Crippen LogP contribution in [0.2, 0.25) is 0 Å². The molecule has 0 fully saturated rings. The fraction of sp³-hybridized carbons (Fsp3) is 0.0667. The van der Waals surface area contributed by atoms with E-state index in [9.17, 15) is 4.79 Å². The summed E-state index contributed by atoms with van der Waals surface area (Å²) in [7, 11) is 0. The van der Waals surface area contributed by atoms with Crippen LogP contribution in [-0.4, -0.2) is 5.91 Å². The first kappa shape index (κ1) is 10.1. The summed E-state index contributed by atoms with van der Waals surface area (Å²) in [5.74, 6) is -0.0412. The van der Waals surface area contributed by atoms with Crippen molar-refractivity contribution >= 4 is 11.6 Å². The van der Waals surface area contributed by atoms with E-state index >= 15 is 0 Å². The zero-order valence-corrected chi connectivity index (χ0v) is 9.53. The van der Waals surface area contributed by atoms with Gasteiger partial charge in [0.1, 0.15) is 0 Å². The Balaban J connectivity index is 2.04. The largest absolute Gasteiger partial charge is 0.326 e. The molecular formula is C15H12NO. The monoisotopic (exact) mass is 222 g/mol. The molecule has 0 bridgehead atoms. The van der Waals surface area contributed by atoms with Crippen LogP contribution in [0.1, 0.15) is 18.1 Å². The minimum absolute atomic E-state index is 0.0412. The summed E-state index contributed by atoms with van der Waals surface area (Å²) in [6.07, 6.45) is 2.15. The number of carbonyl (C=O) groups excluding carboxylic acids is 1. The highest BCUT2D eigenvalue weighted by Gasteiger charge is 2.18. The van der Waals surface area contributed by atoms with Crippen LogP contribution in [0.15, 0.2) is 42.5 Å². The third-order valence-electron chi connectivity index (χ3n) is 2.93. The van der Waals surface area contributed by atoms with Crippen molar-refractivity contribution in [3.63, 3.8) is 0 Å². The lowest BCUT2D eigenvalue weighted by molar-refractivity contribution is -0.114. The summed E-state index contributed by atoms with van der Waals surface area (Å²) in [6, 6.07) is 14.3. The average Bonchev–Trinajstić information content (AvgIpc) is 2.65. The first-order chi connectivity index (χ1) is 8.24. The van der Waals surface area contributed by atoms with E-state index in [1.54, 1.807) is 0 Å². The first-order valence-corrected chi connectivity index (χ1v) is 5.60. The molecule has 2 nitrogen and oxygen atoms in total. The Bertz CT molecular complexity index is 602. The van der Waals surface area contributed by atoms with Gasteiger partial charge < -0.3 is 5.32 Å². The van der Waals surface area contributed by atoms with Crippen molar-refractivity contribution in [2.24, 2.45) is 0 Å². The van der Waals surface area contributed by atoms with Gasteiger partial charge in [0.2, 0.25) is 5.91 Å². The Morgan fingerprint density at radius 1 is 1.00 bits per heavy atom. The summed E-state index contributed by atoms with van der Waals surface area (Å²) >= 11 is 0. The van der Waals surface area contributed by atoms with Crippen molar-refractivity contribution < 1.29 is 4.79 Å². The highest BCUT2D eigenvalue weighted by atomic mass is 16.1. The molecule has 1 amide bonds. The molecule has 3 rings (SSSR count). The molecule has 0 saturated carbocycles. The number of carbonyl (C=O) groups is 1. The highest BCUT2D eigenvalue weighted by Crippen LogP contribution is 2.38. The predicted molar refractivity (Wildman–Crippen MR) is 68.7 cm³/mol. The summed E-state index contributed by atoms with van der Waals surface area (Å²) < 4.78 is 0. The number of hydrogen-bond donors (Lipinski definition) is 1. The van der Waals surface area contributed by atoms with Gasteiger partial charge in [-0.2, -0.15) is 0 Å². The number of amides is 1. The van der Waals surface area contributed by atoms with Gasteiger partial charge in [-0.05, 0) is 34.4 Å². The lowest BCUT2D eigenvalue weighted by Crippen LogP contribution is -2.05. The van der Waals surface area contributed by atoms with Crippen molar-refractivity contribution in [3.05, 3.63) is 60.0 Å². The molecular weight excluding hydrogens is 210 g/mol. The van der Waals surface area contributed by atoms with Crippen LogP contribution < -0.4 is 5.32 Å². The van der Waals surface area contributed by atoms with Crippen LogP contribution in [0.5, 0.6) is 0 Å². The molecule has 1 aliphatic carbocycles. The maximum absolute atomic E-state index is 11.0. The maximum Gasteiger partial charge on any atom is 0.221 e. The quantitative estimate of drug-likeness (QED) is 0.673. The van der Waals surface area contributed by atoms with Crippen LogP contribution in [0.25, 0.3) is 11.1 Å². The molecule has 1 N–H and O–H groups in total. The second kappa shape index (κ2) is 3.74. The molecule has 0 atom stereocenters. The van der Waals surface area contributed by atoms with Crippen LogP contribution in [0, 0.1) is 6.42 Å². The average molecular weight is 222 g/mol. The molecule has 1 radical (unpaired) electrons. The second-order valence-electron chi connectivity index (χ2n) is 4.21. The SMILES string of the molecule is CC(=O)Nc1ccc2c(c1)[CH]c1ccccc1-2. The molecule has 0 saturated heterocycles. The molecule has 0 aromatic heterocycles. The van der Waals surface area contributed by atoms with E-state index in [2.05, 4.69) is 29.9 Å². The summed E-state index contributed by atoms with van der Waals surface area (Å²) in [5, 5.41) is 2.80. The summed E-state index contributed by atoms with van der Waals surface area (Å²) in [6.45, 7) is 1.52. The van der Waals surface area contributed by atoms with E-state index in [4.69, 9.17) is 0 Å². The lowest BCUT2D eigenvalue weighted by Gasteiger charge is -2.05. The van der Waals surface area contributed by atoms with E-state index in [0.717, 1.165) is 11.3 Å². The van der Waals surface area contributed by atoms with Gasteiger partial charge in [-0.1, -0.05) is 30.3 Å². The molecule has 1 aliphatic rings. The molecule has 2 heteroatoms. The Labute approximate surface area is 100 Å². The van der Waals surface area contributed by atoms with E-state index in [-0.39, 0.29) is 5.91 Å². The zero-order valence-electron chi connectivity index (χ0n) is 9.53. The molecule has 0 spiro atoms. The Morgan fingerprint density at radius 2 is 1.76 bits per heavy atom. The van der Waals surface area contributed by atoms with Crippen molar-refractivity contribution in [2.45, 2.75) is 6.92 Å². The molecule has 83 valence electrons. The zero-order chi connectivity index (χ0) is 11.8. The third-order valence-corrected chi connectivity index (χ3v) is 2.93. The lowest BCUT2D eigenvalue weighted by atomic mass is 10.1. The number of nitrogens with one attached hydrogen (secondary N) is 1. The van der Waals surface area contributed by atoms with Gasteiger partial charge in [-0.15, -0.1) is 0 Å². The predicted octanol–water partition coefficient (Wildman–Crippen LogP) is 3.23. The van der Waals surface area contributed by atoms with Gasteiger partial charge in [-0.25, -0.2) is 0 Å². The Kier molecular flexibility index (Phi) is 2.22. The minimum Gasteiger partial charge on any atom is -0.326 e. The van der Waals surface area contributed by atoms with Crippen LogP contribution in [0.3, 0.4) is 0 Å². The maximum atomic E-state index is 11.0. The fourth-order valence-electron chi connectivity index (χ4n) is 2.24. The molecule has 2 aromatic carbocycles.